The average Bonchev–Trinajstić information content (AvgIpc) is 2.80. The topological polar surface area (TPSA) is 119 Å². The quantitative estimate of drug-likeness (QED) is 0.481. The van der Waals surface area contributed by atoms with Gasteiger partial charge in [-0.25, -0.2) is 0 Å². The molecule has 24 heavy (non-hydrogen) atoms. The Hall–Kier alpha value is -2.74. The SMILES string of the molecule is CC(=O)C1=C(C)N[C@@]2(O)COC(=O)[C@H]2[C@@H]1c1ccccc1[N+](=O)[O-]. The molecule has 0 bridgehead atoms. The number of aliphatic hydroxyl groups is 1. The second-order valence-corrected chi connectivity index (χ2v) is 6.02. The molecule has 3 rings (SSSR count). The fraction of sp³-hybridized carbons (Fsp3) is 0.375. The number of ketones is 1. The molecule has 126 valence electrons. The zero-order valence-electron chi connectivity index (χ0n) is 13.1. The number of nitro benzene ring substituents is 1. The van der Waals surface area contributed by atoms with Gasteiger partial charge in [0.05, 0.1) is 4.92 Å². The van der Waals surface area contributed by atoms with Crippen LogP contribution in [-0.2, 0) is 14.3 Å². The lowest BCUT2D eigenvalue weighted by Crippen LogP contribution is -2.56. The predicted molar refractivity (Wildman–Crippen MR) is 81.8 cm³/mol. The summed E-state index contributed by atoms with van der Waals surface area (Å²) >= 11 is 0. The number of esters is 1. The Morgan fingerprint density at radius 1 is 1.46 bits per heavy atom. The van der Waals surface area contributed by atoms with Crippen molar-refractivity contribution in [1.82, 2.24) is 5.32 Å². The first-order chi connectivity index (χ1) is 11.3. The number of cyclic esters (lactones) is 1. The van der Waals surface area contributed by atoms with Gasteiger partial charge in [-0.1, -0.05) is 18.2 Å². The minimum absolute atomic E-state index is 0.204. The van der Waals surface area contributed by atoms with E-state index < -0.39 is 28.5 Å². The first-order valence-corrected chi connectivity index (χ1v) is 7.38. The van der Waals surface area contributed by atoms with Crippen LogP contribution in [-0.4, -0.2) is 34.1 Å². The van der Waals surface area contributed by atoms with Gasteiger partial charge in [-0.05, 0) is 13.8 Å². The summed E-state index contributed by atoms with van der Waals surface area (Å²) < 4.78 is 4.97. The van der Waals surface area contributed by atoms with Crippen molar-refractivity contribution in [3.8, 4) is 0 Å². The average molecular weight is 332 g/mol. The van der Waals surface area contributed by atoms with Crippen LogP contribution in [0.1, 0.15) is 25.3 Å². The molecule has 3 atom stereocenters. The number of nitrogens with one attached hydrogen (secondary N) is 1. The Bertz CT molecular complexity index is 787. The summed E-state index contributed by atoms with van der Waals surface area (Å²) in [5, 5.41) is 24.9. The van der Waals surface area contributed by atoms with Gasteiger partial charge in [0, 0.05) is 28.8 Å². The van der Waals surface area contributed by atoms with Crippen LogP contribution in [0.3, 0.4) is 0 Å². The lowest BCUT2D eigenvalue weighted by molar-refractivity contribution is -0.385. The van der Waals surface area contributed by atoms with Gasteiger partial charge in [0.15, 0.2) is 11.5 Å². The molecule has 1 saturated heterocycles. The van der Waals surface area contributed by atoms with E-state index in [1.807, 2.05) is 0 Å². The molecular weight excluding hydrogens is 316 g/mol. The number of carbonyl (C=O) groups is 2. The molecule has 0 aliphatic carbocycles. The first kappa shape index (κ1) is 16.1. The second kappa shape index (κ2) is 5.41. The molecule has 0 spiro atoms. The third-order valence-electron chi connectivity index (χ3n) is 4.50. The van der Waals surface area contributed by atoms with Gasteiger partial charge in [0.1, 0.15) is 12.5 Å². The van der Waals surface area contributed by atoms with Gasteiger partial charge in [0.2, 0.25) is 0 Å². The van der Waals surface area contributed by atoms with Crippen LogP contribution in [0.15, 0.2) is 35.5 Å². The molecule has 0 saturated carbocycles. The lowest BCUT2D eigenvalue weighted by Gasteiger charge is -2.39. The number of hydrogen-bond acceptors (Lipinski definition) is 7. The highest BCUT2D eigenvalue weighted by Crippen LogP contribution is 2.48. The number of hydrogen-bond donors (Lipinski definition) is 2. The number of allylic oxidation sites excluding steroid dienone is 2. The van der Waals surface area contributed by atoms with Crippen molar-refractivity contribution in [3.63, 3.8) is 0 Å². The highest BCUT2D eigenvalue weighted by atomic mass is 16.6. The van der Waals surface area contributed by atoms with Crippen LogP contribution in [0.25, 0.3) is 0 Å². The van der Waals surface area contributed by atoms with Crippen LogP contribution in [0.5, 0.6) is 0 Å². The van der Waals surface area contributed by atoms with Crippen LogP contribution in [0, 0.1) is 16.0 Å². The maximum Gasteiger partial charge on any atom is 0.315 e. The Kier molecular flexibility index (Phi) is 3.64. The Labute approximate surface area is 137 Å². The highest BCUT2D eigenvalue weighted by molar-refractivity contribution is 5.98. The lowest BCUT2D eigenvalue weighted by atomic mass is 9.71. The monoisotopic (exact) mass is 332 g/mol. The fourth-order valence-corrected chi connectivity index (χ4v) is 3.61. The van der Waals surface area contributed by atoms with E-state index in [1.54, 1.807) is 13.0 Å². The Morgan fingerprint density at radius 2 is 2.12 bits per heavy atom. The number of carbonyl (C=O) groups excluding carboxylic acids is 2. The molecule has 2 aliphatic rings. The maximum absolute atomic E-state index is 12.2. The molecule has 2 N–H and O–H groups in total. The molecule has 2 aliphatic heterocycles. The summed E-state index contributed by atoms with van der Waals surface area (Å²) in [5.74, 6) is -3.11. The van der Waals surface area contributed by atoms with Crippen molar-refractivity contribution in [2.24, 2.45) is 5.92 Å². The van der Waals surface area contributed by atoms with E-state index in [0.29, 0.717) is 5.70 Å². The Morgan fingerprint density at radius 3 is 2.75 bits per heavy atom. The second-order valence-electron chi connectivity index (χ2n) is 6.02. The molecule has 0 amide bonds. The normalized spacial score (nSPS) is 28.9. The van der Waals surface area contributed by atoms with Crippen molar-refractivity contribution in [2.45, 2.75) is 25.5 Å². The van der Waals surface area contributed by atoms with E-state index in [4.69, 9.17) is 4.74 Å². The van der Waals surface area contributed by atoms with Crippen LogP contribution < -0.4 is 5.32 Å². The van der Waals surface area contributed by atoms with Gasteiger partial charge in [-0.2, -0.15) is 0 Å². The number of rotatable bonds is 3. The fourth-order valence-electron chi connectivity index (χ4n) is 3.61. The minimum Gasteiger partial charge on any atom is -0.460 e. The van der Waals surface area contributed by atoms with Crippen molar-refractivity contribution >= 4 is 17.4 Å². The van der Waals surface area contributed by atoms with E-state index in [1.165, 1.54) is 25.1 Å². The summed E-state index contributed by atoms with van der Waals surface area (Å²) in [6.45, 7) is 2.64. The van der Waals surface area contributed by atoms with E-state index >= 15 is 0 Å². The van der Waals surface area contributed by atoms with E-state index in [-0.39, 0.29) is 29.2 Å². The van der Waals surface area contributed by atoms with Crippen LogP contribution >= 0.6 is 0 Å². The molecule has 0 unspecified atom stereocenters. The largest absolute Gasteiger partial charge is 0.460 e. The van der Waals surface area contributed by atoms with Gasteiger partial charge < -0.3 is 15.2 Å². The van der Waals surface area contributed by atoms with Gasteiger partial charge in [-0.15, -0.1) is 0 Å². The summed E-state index contributed by atoms with van der Waals surface area (Å²) in [6.07, 6.45) is 0. The summed E-state index contributed by atoms with van der Waals surface area (Å²) in [6, 6.07) is 5.91. The molecule has 2 heterocycles. The van der Waals surface area contributed by atoms with Gasteiger partial charge in [-0.3, -0.25) is 19.7 Å². The zero-order valence-corrected chi connectivity index (χ0v) is 13.1. The van der Waals surface area contributed by atoms with Crippen molar-refractivity contribution < 1.29 is 24.4 Å². The van der Waals surface area contributed by atoms with E-state index in [2.05, 4.69) is 5.32 Å². The number of Topliss-reactive ketones (excluding diaryl/α,β-unsaturated/α-hetero) is 1. The third-order valence-corrected chi connectivity index (χ3v) is 4.50. The summed E-state index contributed by atoms with van der Waals surface area (Å²) in [4.78, 5) is 35.2. The first-order valence-electron chi connectivity index (χ1n) is 7.38. The van der Waals surface area contributed by atoms with Gasteiger partial charge >= 0.3 is 5.97 Å². The smallest absolute Gasteiger partial charge is 0.315 e. The van der Waals surface area contributed by atoms with Crippen LogP contribution in [0.2, 0.25) is 0 Å². The van der Waals surface area contributed by atoms with Crippen molar-refractivity contribution in [2.75, 3.05) is 6.61 Å². The van der Waals surface area contributed by atoms with Crippen molar-refractivity contribution in [3.05, 3.63) is 51.2 Å². The van der Waals surface area contributed by atoms with Crippen molar-refractivity contribution in [1.29, 1.82) is 0 Å². The molecule has 8 nitrogen and oxygen atoms in total. The number of fused-ring (bicyclic) bond motifs is 1. The highest BCUT2D eigenvalue weighted by Gasteiger charge is 2.58. The molecule has 8 heteroatoms. The molecular formula is C16H16N2O6. The molecule has 0 aromatic heterocycles. The zero-order chi connectivity index (χ0) is 17.6. The number of benzene rings is 1. The molecule has 1 fully saturated rings. The number of nitro groups is 1. The third kappa shape index (κ3) is 2.26. The van der Waals surface area contributed by atoms with Crippen LogP contribution in [0.4, 0.5) is 5.69 Å². The predicted octanol–water partition coefficient (Wildman–Crippen LogP) is 1.01. The molecule has 0 radical (unpaired) electrons. The number of nitrogens with zero attached hydrogens (tertiary/aromatic N) is 1. The minimum atomic E-state index is -1.70. The number of ether oxygens (including phenoxy) is 1. The summed E-state index contributed by atoms with van der Waals surface area (Å²) in [5.41, 5.74) is -1.09. The van der Waals surface area contributed by atoms with E-state index in [0.717, 1.165) is 0 Å². The Balaban J connectivity index is 2.28. The number of para-hydroxylation sites is 1. The molecule has 1 aromatic carbocycles. The maximum atomic E-state index is 12.2. The van der Waals surface area contributed by atoms with E-state index in [9.17, 15) is 24.8 Å². The standard InChI is InChI=1S/C16H16N2O6/c1-8-12(9(2)19)13(10-5-3-4-6-11(10)18(22)23)14-15(20)24-7-16(14,21)17-8/h3-6,13-14,17,21H,7H2,1-2H3/t13-,14-,16-/m1/s1. The summed E-state index contributed by atoms with van der Waals surface area (Å²) in [7, 11) is 0. The van der Waals surface area contributed by atoms with Gasteiger partial charge in [0.25, 0.3) is 5.69 Å². The molecule has 1 aromatic rings.